The summed E-state index contributed by atoms with van der Waals surface area (Å²) in [6.07, 6.45) is -4.17. The summed E-state index contributed by atoms with van der Waals surface area (Å²) in [5.41, 5.74) is 0.544. The molecule has 1 aromatic heterocycles. The molecule has 0 aliphatic rings. The number of alkyl halides is 3. The summed E-state index contributed by atoms with van der Waals surface area (Å²) >= 11 is 5.66. The Morgan fingerprint density at radius 3 is 2.42 bits per heavy atom. The van der Waals surface area contributed by atoms with Gasteiger partial charge in [0.2, 0.25) is 10.0 Å². The molecular weight excluding hydrogens is 463 g/mol. The normalized spacial score (nSPS) is 11.8. The SMILES string of the molecule is Cc1ccc(S(=O)(=O)NCC(=O)OCC(=O)Nc2ncc(C(F)(F)F)cc2Cl)cc1C. The van der Waals surface area contributed by atoms with Gasteiger partial charge in [-0.1, -0.05) is 17.7 Å². The highest BCUT2D eigenvalue weighted by molar-refractivity contribution is 7.89. The lowest BCUT2D eigenvalue weighted by atomic mass is 10.1. The first kappa shape index (κ1) is 24.6. The van der Waals surface area contributed by atoms with E-state index in [1.54, 1.807) is 13.0 Å². The number of aryl methyl sites for hydroxylation is 2. The van der Waals surface area contributed by atoms with E-state index in [0.717, 1.165) is 11.1 Å². The van der Waals surface area contributed by atoms with Gasteiger partial charge in [0.1, 0.15) is 6.54 Å². The van der Waals surface area contributed by atoms with Crippen molar-refractivity contribution in [1.82, 2.24) is 9.71 Å². The zero-order valence-corrected chi connectivity index (χ0v) is 17.8. The van der Waals surface area contributed by atoms with Gasteiger partial charge in [-0.25, -0.2) is 13.4 Å². The fourth-order valence-corrected chi connectivity index (χ4v) is 3.44. The van der Waals surface area contributed by atoms with Gasteiger partial charge >= 0.3 is 12.1 Å². The topological polar surface area (TPSA) is 114 Å². The van der Waals surface area contributed by atoms with Crippen LogP contribution in [0.3, 0.4) is 0 Å². The number of amides is 1. The number of pyridine rings is 1. The van der Waals surface area contributed by atoms with Crippen LogP contribution in [-0.2, 0) is 30.5 Å². The molecule has 0 saturated carbocycles. The van der Waals surface area contributed by atoms with Crippen LogP contribution in [0.4, 0.5) is 19.0 Å². The van der Waals surface area contributed by atoms with Crippen LogP contribution in [0.15, 0.2) is 35.4 Å². The van der Waals surface area contributed by atoms with Crippen LogP contribution in [-0.4, -0.2) is 38.4 Å². The van der Waals surface area contributed by atoms with Crippen LogP contribution in [0.25, 0.3) is 0 Å². The number of sulfonamides is 1. The van der Waals surface area contributed by atoms with Gasteiger partial charge < -0.3 is 10.1 Å². The number of rotatable bonds is 7. The first-order valence-corrected chi connectivity index (χ1v) is 10.4. The Morgan fingerprint density at radius 1 is 1.16 bits per heavy atom. The highest BCUT2D eigenvalue weighted by Gasteiger charge is 2.31. The minimum atomic E-state index is -4.65. The van der Waals surface area contributed by atoms with Crippen molar-refractivity contribution in [2.75, 3.05) is 18.5 Å². The van der Waals surface area contributed by atoms with Gasteiger partial charge in [0.25, 0.3) is 5.91 Å². The molecule has 0 unspecified atom stereocenters. The monoisotopic (exact) mass is 479 g/mol. The van der Waals surface area contributed by atoms with E-state index < -0.39 is 51.8 Å². The van der Waals surface area contributed by atoms with Crippen molar-refractivity contribution < 1.29 is 35.9 Å². The third-order valence-electron chi connectivity index (χ3n) is 3.99. The van der Waals surface area contributed by atoms with Crippen molar-refractivity contribution in [2.24, 2.45) is 0 Å². The number of carbonyl (C=O) groups excluding carboxylic acids is 2. The van der Waals surface area contributed by atoms with Crippen molar-refractivity contribution >= 4 is 39.3 Å². The maximum absolute atomic E-state index is 12.6. The number of hydrogen-bond donors (Lipinski definition) is 2. The third-order valence-corrected chi connectivity index (χ3v) is 5.67. The number of aromatic nitrogens is 1. The predicted octanol–water partition coefficient (Wildman–Crippen LogP) is 2.83. The molecule has 0 aliphatic carbocycles. The number of hydrogen-bond acceptors (Lipinski definition) is 6. The highest BCUT2D eigenvalue weighted by atomic mass is 35.5. The summed E-state index contributed by atoms with van der Waals surface area (Å²) in [5.74, 6) is -2.33. The fraction of sp³-hybridized carbons (Fsp3) is 0.278. The second-order valence-corrected chi connectivity index (χ2v) is 8.51. The van der Waals surface area contributed by atoms with Gasteiger partial charge in [0.05, 0.1) is 15.5 Å². The molecule has 0 saturated heterocycles. The second kappa shape index (κ2) is 9.62. The largest absolute Gasteiger partial charge is 0.455 e. The number of benzene rings is 1. The molecule has 1 aromatic carbocycles. The molecule has 0 atom stereocenters. The van der Waals surface area contributed by atoms with Crippen LogP contribution in [0.5, 0.6) is 0 Å². The van der Waals surface area contributed by atoms with Crippen molar-refractivity contribution in [2.45, 2.75) is 24.9 Å². The summed E-state index contributed by atoms with van der Waals surface area (Å²) in [6, 6.07) is 5.02. The summed E-state index contributed by atoms with van der Waals surface area (Å²) in [7, 11) is -3.97. The molecule has 8 nitrogen and oxygen atoms in total. The second-order valence-electron chi connectivity index (χ2n) is 6.33. The summed E-state index contributed by atoms with van der Waals surface area (Å²) in [4.78, 5) is 26.9. The zero-order chi connectivity index (χ0) is 23.4. The molecule has 0 aliphatic heterocycles. The number of halogens is 4. The van der Waals surface area contributed by atoms with E-state index >= 15 is 0 Å². The van der Waals surface area contributed by atoms with Crippen molar-refractivity contribution in [3.05, 3.63) is 52.2 Å². The smallest absolute Gasteiger partial charge is 0.417 e. The maximum Gasteiger partial charge on any atom is 0.417 e. The molecule has 1 heterocycles. The molecule has 1 amide bonds. The Labute approximate surface area is 180 Å². The van der Waals surface area contributed by atoms with E-state index in [0.29, 0.717) is 12.3 Å². The number of esters is 1. The van der Waals surface area contributed by atoms with Crippen LogP contribution in [0, 0.1) is 13.8 Å². The molecule has 0 radical (unpaired) electrons. The lowest BCUT2D eigenvalue weighted by Gasteiger charge is -2.11. The Hall–Kier alpha value is -2.70. The highest BCUT2D eigenvalue weighted by Crippen LogP contribution is 2.32. The van der Waals surface area contributed by atoms with Crippen molar-refractivity contribution in [1.29, 1.82) is 0 Å². The average Bonchev–Trinajstić information content (AvgIpc) is 2.67. The molecule has 2 rings (SSSR count). The molecule has 13 heteroatoms. The van der Waals surface area contributed by atoms with Gasteiger partial charge in [-0.05, 0) is 43.2 Å². The van der Waals surface area contributed by atoms with Gasteiger partial charge in [0, 0.05) is 6.20 Å². The maximum atomic E-state index is 12.6. The van der Waals surface area contributed by atoms with E-state index in [1.165, 1.54) is 12.1 Å². The van der Waals surface area contributed by atoms with Crippen LogP contribution < -0.4 is 10.0 Å². The molecule has 168 valence electrons. The minimum absolute atomic E-state index is 0.0378. The summed E-state index contributed by atoms with van der Waals surface area (Å²) < 4.78 is 68.9. The molecule has 31 heavy (non-hydrogen) atoms. The van der Waals surface area contributed by atoms with E-state index in [1.807, 2.05) is 6.92 Å². The molecular formula is C18H17ClF3N3O5S. The van der Waals surface area contributed by atoms with Gasteiger partial charge in [-0.15, -0.1) is 0 Å². The lowest BCUT2D eigenvalue weighted by molar-refractivity contribution is -0.146. The van der Waals surface area contributed by atoms with E-state index in [2.05, 4.69) is 19.8 Å². The number of nitrogens with zero attached hydrogens (tertiary/aromatic N) is 1. The predicted molar refractivity (Wildman–Crippen MR) is 105 cm³/mol. The van der Waals surface area contributed by atoms with Crippen molar-refractivity contribution in [3.8, 4) is 0 Å². The van der Waals surface area contributed by atoms with Gasteiger partial charge in [-0.3, -0.25) is 9.59 Å². The van der Waals surface area contributed by atoms with E-state index in [-0.39, 0.29) is 10.7 Å². The van der Waals surface area contributed by atoms with E-state index in [9.17, 15) is 31.2 Å². The lowest BCUT2D eigenvalue weighted by Crippen LogP contribution is -2.32. The van der Waals surface area contributed by atoms with Crippen LogP contribution >= 0.6 is 11.6 Å². The molecule has 0 spiro atoms. The quantitative estimate of drug-likeness (QED) is 0.590. The van der Waals surface area contributed by atoms with Gasteiger partial charge in [0.15, 0.2) is 12.4 Å². The third kappa shape index (κ3) is 6.91. The molecule has 2 N–H and O–H groups in total. The van der Waals surface area contributed by atoms with E-state index in [4.69, 9.17) is 11.6 Å². The molecule has 2 aromatic rings. The number of anilines is 1. The van der Waals surface area contributed by atoms with Crippen molar-refractivity contribution in [3.63, 3.8) is 0 Å². The first-order valence-electron chi connectivity index (χ1n) is 8.55. The zero-order valence-electron chi connectivity index (χ0n) is 16.2. The molecule has 0 fully saturated rings. The Kier molecular flexibility index (Phi) is 7.63. The van der Waals surface area contributed by atoms with Gasteiger partial charge in [-0.2, -0.15) is 17.9 Å². The standard InChI is InChI=1S/C18H17ClF3N3O5S/c1-10-3-4-13(5-11(10)2)31(28,29)24-8-16(27)30-9-15(26)25-17-14(19)6-12(7-23-17)18(20,21)22/h3-7,24H,8-9H2,1-2H3,(H,23,25,26). The molecule has 0 bridgehead atoms. The Morgan fingerprint density at radius 2 is 1.84 bits per heavy atom. The minimum Gasteiger partial charge on any atom is -0.455 e. The van der Waals surface area contributed by atoms with Crippen LogP contribution in [0.1, 0.15) is 16.7 Å². The first-order chi connectivity index (χ1) is 14.3. The average molecular weight is 480 g/mol. The number of nitrogens with one attached hydrogen (secondary N) is 2. The Bertz CT molecular complexity index is 1110. The fourth-order valence-electron chi connectivity index (χ4n) is 2.17. The summed E-state index contributed by atoms with van der Waals surface area (Å²) in [5, 5.41) is 1.63. The number of carbonyl (C=O) groups is 2. The Balaban J connectivity index is 1.87. The van der Waals surface area contributed by atoms with Crippen LogP contribution in [0.2, 0.25) is 5.02 Å². The summed E-state index contributed by atoms with van der Waals surface area (Å²) in [6.45, 7) is 1.99. The number of ether oxygens (including phenoxy) is 1.